The van der Waals surface area contributed by atoms with Gasteiger partial charge in [-0.3, -0.25) is 14.4 Å². The van der Waals surface area contributed by atoms with Gasteiger partial charge in [0.05, 0.1) is 17.2 Å². The summed E-state index contributed by atoms with van der Waals surface area (Å²) in [5, 5.41) is 0.450. The average molecular weight is 472 g/mol. The summed E-state index contributed by atoms with van der Waals surface area (Å²) in [6.45, 7) is 3.30. The molecule has 3 heterocycles. The summed E-state index contributed by atoms with van der Waals surface area (Å²) >= 11 is 0. The molecule has 0 saturated carbocycles. The van der Waals surface area contributed by atoms with Gasteiger partial charge in [-0.15, -0.1) is 0 Å². The normalized spacial score (nSPS) is 13.7. The van der Waals surface area contributed by atoms with Crippen LogP contribution in [0.5, 0.6) is 5.75 Å². The fourth-order valence-electron chi connectivity index (χ4n) is 4.27. The number of hydrogen-bond acceptors (Lipinski definition) is 6. The Morgan fingerprint density at radius 1 is 0.943 bits per heavy atom. The minimum Gasteiger partial charge on any atom is -0.484 e. The second kappa shape index (κ2) is 9.50. The second-order valence-electron chi connectivity index (χ2n) is 8.33. The highest BCUT2D eigenvalue weighted by atomic mass is 16.5. The molecule has 1 fully saturated rings. The SMILES string of the molecule is Cc1oc2cc(OCC(=O)N3CCN(C(=O)c4ccco4)CC3)ccc2c(=O)c1-c1ccccc1. The molecule has 0 N–H and O–H groups in total. The van der Waals surface area contributed by atoms with E-state index in [1.165, 1.54) is 6.26 Å². The van der Waals surface area contributed by atoms with Gasteiger partial charge in [-0.2, -0.15) is 0 Å². The number of fused-ring (bicyclic) bond motifs is 1. The number of amides is 2. The number of ether oxygens (including phenoxy) is 1. The molecule has 0 bridgehead atoms. The molecule has 35 heavy (non-hydrogen) atoms. The number of aryl methyl sites for hydroxylation is 1. The molecule has 1 saturated heterocycles. The number of piperazine rings is 1. The van der Waals surface area contributed by atoms with Gasteiger partial charge in [-0.1, -0.05) is 30.3 Å². The van der Waals surface area contributed by atoms with Crippen LogP contribution < -0.4 is 10.2 Å². The smallest absolute Gasteiger partial charge is 0.289 e. The molecule has 0 radical (unpaired) electrons. The van der Waals surface area contributed by atoms with E-state index in [9.17, 15) is 14.4 Å². The van der Waals surface area contributed by atoms with Crippen LogP contribution in [0.2, 0.25) is 0 Å². The number of hydrogen-bond donors (Lipinski definition) is 0. The first-order chi connectivity index (χ1) is 17.0. The Bertz CT molecular complexity index is 1420. The van der Waals surface area contributed by atoms with Crippen LogP contribution in [0, 0.1) is 6.92 Å². The lowest BCUT2D eigenvalue weighted by atomic mass is 10.0. The van der Waals surface area contributed by atoms with Crippen LogP contribution >= 0.6 is 0 Å². The number of furan rings is 1. The van der Waals surface area contributed by atoms with Crippen molar-refractivity contribution >= 4 is 22.8 Å². The molecule has 0 unspecified atom stereocenters. The summed E-state index contributed by atoms with van der Waals surface area (Å²) in [6.07, 6.45) is 1.46. The van der Waals surface area contributed by atoms with Crippen LogP contribution in [0.25, 0.3) is 22.1 Å². The van der Waals surface area contributed by atoms with Gasteiger partial charge in [-0.25, -0.2) is 0 Å². The molecule has 8 nitrogen and oxygen atoms in total. The lowest BCUT2D eigenvalue weighted by Crippen LogP contribution is -2.51. The maximum atomic E-state index is 13.1. The van der Waals surface area contributed by atoms with E-state index in [-0.39, 0.29) is 23.9 Å². The highest BCUT2D eigenvalue weighted by molar-refractivity contribution is 5.91. The largest absolute Gasteiger partial charge is 0.484 e. The quantitative estimate of drug-likeness (QED) is 0.440. The number of benzene rings is 2. The summed E-state index contributed by atoms with van der Waals surface area (Å²) in [6, 6.07) is 17.7. The van der Waals surface area contributed by atoms with E-state index in [1.807, 2.05) is 30.3 Å². The van der Waals surface area contributed by atoms with Crippen LogP contribution in [0.3, 0.4) is 0 Å². The fraction of sp³-hybridized carbons (Fsp3) is 0.222. The zero-order chi connectivity index (χ0) is 24.4. The molecular weight excluding hydrogens is 448 g/mol. The average Bonchev–Trinajstić information content (AvgIpc) is 3.42. The molecule has 4 aromatic rings. The first-order valence-corrected chi connectivity index (χ1v) is 11.4. The van der Waals surface area contributed by atoms with Gasteiger partial charge < -0.3 is 23.4 Å². The van der Waals surface area contributed by atoms with E-state index in [2.05, 4.69) is 0 Å². The molecule has 5 rings (SSSR count). The molecule has 178 valence electrons. The van der Waals surface area contributed by atoms with Gasteiger partial charge in [0.2, 0.25) is 5.43 Å². The molecule has 1 aliphatic heterocycles. The Balaban J connectivity index is 1.23. The van der Waals surface area contributed by atoms with Crippen LogP contribution in [0.15, 0.2) is 80.6 Å². The van der Waals surface area contributed by atoms with Gasteiger partial charge in [0.1, 0.15) is 17.1 Å². The molecule has 0 aliphatic carbocycles. The molecule has 2 aromatic heterocycles. The fourth-order valence-corrected chi connectivity index (χ4v) is 4.27. The predicted octanol–water partition coefficient (Wildman–Crippen LogP) is 3.72. The van der Waals surface area contributed by atoms with Gasteiger partial charge in [0.15, 0.2) is 12.4 Å². The standard InChI is InChI=1S/C27H24N2O6/c1-18-25(19-6-3-2-4-7-19)26(31)21-10-9-20(16-23(21)35-18)34-17-24(30)28-11-13-29(14-12-28)27(32)22-8-5-15-33-22/h2-10,15-16H,11-14,17H2,1H3. The summed E-state index contributed by atoms with van der Waals surface area (Å²) < 4.78 is 16.8. The zero-order valence-electron chi connectivity index (χ0n) is 19.2. The first kappa shape index (κ1) is 22.5. The molecule has 2 aromatic carbocycles. The number of rotatable bonds is 5. The lowest BCUT2D eigenvalue weighted by Gasteiger charge is -2.34. The van der Waals surface area contributed by atoms with E-state index in [4.69, 9.17) is 13.6 Å². The molecule has 1 aliphatic rings. The maximum Gasteiger partial charge on any atom is 0.289 e. The molecule has 0 atom stereocenters. The third kappa shape index (κ3) is 4.55. The van der Waals surface area contributed by atoms with Crippen LogP contribution in [0.1, 0.15) is 16.3 Å². The van der Waals surface area contributed by atoms with Crippen molar-refractivity contribution < 1.29 is 23.2 Å². The van der Waals surface area contributed by atoms with Gasteiger partial charge >= 0.3 is 0 Å². The third-order valence-electron chi connectivity index (χ3n) is 6.12. The van der Waals surface area contributed by atoms with Crippen molar-refractivity contribution in [2.45, 2.75) is 6.92 Å². The minimum absolute atomic E-state index is 0.112. The van der Waals surface area contributed by atoms with Gasteiger partial charge in [-0.05, 0) is 36.8 Å². The van der Waals surface area contributed by atoms with E-state index in [0.29, 0.717) is 60.0 Å². The topological polar surface area (TPSA) is 93.2 Å². The molecule has 0 spiro atoms. The number of carbonyl (C=O) groups excluding carboxylic acids is 2. The van der Waals surface area contributed by atoms with Crippen molar-refractivity contribution in [1.29, 1.82) is 0 Å². The van der Waals surface area contributed by atoms with Crippen molar-refractivity contribution in [1.82, 2.24) is 9.80 Å². The Morgan fingerprint density at radius 3 is 2.40 bits per heavy atom. The summed E-state index contributed by atoms with van der Waals surface area (Å²) in [7, 11) is 0. The zero-order valence-corrected chi connectivity index (χ0v) is 19.2. The van der Waals surface area contributed by atoms with Gasteiger partial charge in [0, 0.05) is 32.2 Å². The van der Waals surface area contributed by atoms with E-state index in [0.717, 1.165) is 5.56 Å². The van der Waals surface area contributed by atoms with E-state index < -0.39 is 0 Å². The number of nitrogens with zero attached hydrogens (tertiary/aromatic N) is 2. The van der Waals surface area contributed by atoms with Crippen LogP contribution in [0.4, 0.5) is 0 Å². The van der Waals surface area contributed by atoms with Crippen molar-refractivity contribution in [3.8, 4) is 16.9 Å². The van der Waals surface area contributed by atoms with Crippen molar-refractivity contribution in [3.63, 3.8) is 0 Å². The van der Waals surface area contributed by atoms with Crippen LogP contribution in [-0.2, 0) is 4.79 Å². The molecular formula is C27H24N2O6. The van der Waals surface area contributed by atoms with Crippen molar-refractivity contribution in [3.05, 3.63) is 88.7 Å². The van der Waals surface area contributed by atoms with Crippen molar-refractivity contribution in [2.75, 3.05) is 32.8 Å². The minimum atomic E-state index is -0.179. The second-order valence-corrected chi connectivity index (χ2v) is 8.33. The molecule has 8 heteroatoms. The van der Waals surface area contributed by atoms with Gasteiger partial charge in [0.25, 0.3) is 11.8 Å². The monoisotopic (exact) mass is 472 g/mol. The Hall–Kier alpha value is -4.33. The first-order valence-electron chi connectivity index (χ1n) is 11.4. The lowest BCUT2D eigenvalue weighted by molar-refractivity contribution is -0.134. The van der Waals surface area contributed by atoms with Crippen LogP contribution in [-0.4, -0.2) is 54.4 Å². The Morgan fingerprint density at radius 2 is 1.69 bits per heavy atom. The number of carbonyl (C=O) groups is 2. The highest BCUT2D eigenvalue weighted by Gasteiger charge is 2.26. The highest BCUT2D eigenvalue weighted by Crippen LogP contribution is 2.26. The summed E-state index contributed by atoms with van der Waals surface area (Å²) in [4.78, 5) is 41.5. The van der Waals surface area contributed by atoms with E-state index in [1.54, 1.807) is 47.1 Å². The Kier molecular flexibility index (Phi) is 6.10. The predicted molar refractivity (Wildman–Crippen MR) is 129 cm³/mol. The van der Waals surface area contributed by atoms with Crippen molar-refractivity contribution in [2.24, 2.45) is 0 Å². The molecule has 2 amide bonds. The Labute approximate surface area is 201 Å². The summed E-state index contributed by atoms with van der Waals surface area (Å²) in [5.41, 5.74) is 1.63. The third-order valence-corrected chi connectivity index (χ3v) is 6.12. The van der Waals surface area contributed by atoms with E-state index >= 15 is 0 Å². The summed E-state index contributed by atoms with van der Waals surface area (Å²) in [5.74, 6) is 0.896. The maximum absolute atomic E-state index is 13.1.